The second-order valence-corrected chi connectivity index (χ2v) is 7.85. The van der Waals surface area contributed by atoms with Gasteiger partial charge in [0.1, 0.15) is 0 Å². The Kier molecular flexibility index (Phi) is 3.83. The Morgan fingerprint density at radius 3 is 2.96 bits per heavy atom. The number of hydrogen-bond donors (Lipinski definition) is 1. The van der Waals surface area contributed by atoms with Gasteiger partial charge in [0.05, 0.1) is 0 Å². The molecular formula is C20H28N2O2. The zero-order valence-electron chi connectivity index (χ0n) is 14.8. The average molecular weight is 328 g/mol. The molecule has 3 aliphatic rings. The van der Waals surface area contributed by atoms with Gasteiger partial charge in [0.15, 0.2) is 0 Å². The first-order valence-corrected chi connectivity index (χ1v) is 9.44. The molecule has 0 unspecified atom stereocenters. The standard InChI is InChI=1S/C20H28N2O2/c1-3-21(19(23)24)22-11-10-20-9-5-4-6-16(20)18(22)13-15-8-7-14(2)12-17(15)20/h7-8,12,16,18H,3-6,9-11,13H2,1-2H3,(H,23,24)/t16-,18+,20+/m0/s1. The zero-order valence-corrected chi connectivity index (χ0v) is 14.8. The van der Waals surface area contributed by atoms with Crippen molar-refractivity contribution in [1.82, 2.24) is 10.0 Å². The predicted molar refractivity (Wildman–Crippen MR) is 94.0 cm³/mol. The van der Waals surface area contributed by atoms with E-state index in [0.717, 1.165) is 19.4 Å². The van der Waals surface area contributed by atoms with Crippen LogP contribution in [-0.2, 0) is 11.8 Å². The number of carbonyl (C=O) groups is 1. The predicted octanol–water partition coefficient (Wildman–Crippen LogP) is 3.97. The number of amides is 1. The second-order valence-electron chi connectivity index (χ2n) is 7.85. The van der Waals surface area contributed by atoms with E-state index in [1.807, 2.05) is 6.92 Å². The molecule has 1 saturated heterocycles. The molecule has 130 valence electrons. The summed E-state index contributed by atoms with van der Waals surface area (Å²) in [4.78, 5) is 11.7. The highest BCUT2D eigenvalue weighted by molar-refractivity contribution is 5.64. The van der Waals surface area contributed by atoms with E-state index in [9.17, 15) is 9.90 Å². The molecule has 2 fully saturated rings. The summed E-state index contributed by atoms with van der Waals surface area (Å²) >= 11 is 0. The van der Waals surface area contributed by atoms with Gasteiger partial charge >= 0.3 is 6.09 Å². The molecule has 24 heavy (non-hydrogen) atoms. The Labute approximate surface area is 144 Å². The maximum absolute atomic E-state index is 11.7. The van der Waals surface area contributed by atoms with Crippen LogP contribution in [-0.4, -0.2) is 40.3 Å². The Morgan fingerprint density at radius 1 is 1.38 bits per heavy atom. The summed E-state index contributed by atoms with van der Waals surface area (Å²) in [5.41, 5.74) is 4.68. The fraction of sp³-hybridized carbons (Fsp3) is 0.650. The first-order valence-electron chi connectivity index (χ1n) is 9.44. The molecule has 2 aliphatic carbocycles. The molecule has 1 saturated carbocycles. The van der Waals surface area contributed by atoms with E-state index in [4.69, 9.17) is 0 Å². The first-order chi connectivity index (χ1) is 11.6. The third-order valence-corrected chi connectivity index (χ3v) is 6.79. The number of piperidine rings is 1. The van der Waals surface area contributed by atoms with E-state index in [-0.39, 0.29) is 5.41 Å². The highest BCUT2D eigenvalue weighted by atomic mass is 16.4. The number of rotatable bonds is 2. The quantitative estimate of drug-likeness (QED) is 0.893. The minimum absolute atomic E-state index is 0.289. The van der Waals surface area contributed by atoms with Gasteiger partial charge in [-0.2, -0.15) is 0 Å². The van der Waals surface area contributed by atoms with E-state index in [0.29, 0.717) is 18.5 Å². The van der Waals surface area contributed by atoms with Gasteiger partial charge < -0.3 is 5.11 Å². The van der Waals surface area contributed by atoms with Gasteiger partial charge in [-0.15, -0.1) is 0 Å². The summed E-state index contributed by atoms with van der Waals surface area (Å²) in [6, 6.07) is 7.28. The number of benzene rings is 1. The highest BCUT2D eigenvalue weighted by Crippen LogP contribution is 2.56. The van der Waals surface area contributed by atoms with Crippen molar-refractivity contribution >= 4 is 6.09 Å². The fourth-order valence-electron chi connectivity index (χ4n) is 5.83. The van der Waals surface area contributed by atoms with E-state index in [1.54, 1.807) is 10.6 Å². The minimum Gasteiger partial charge on any atom is -0.464 e. The summed E-state index contributed by atoms with van der Waals surface area (Å²) < 4.78 is 0. The summed E-state index contributed by atoms with van der Waals surface area (Å²) in [5.74, 6) is 0.600. The lowest BCUT2D eigenvalue weighted by Gasteiger charge is -2.60. The molecule has 1 aromatic carbocycles. The van der Waals surface area contributed by atoms with Crippen LogP contribution in [0.4, 0.5) is 4.79 Å². The van der Waals surface area contributed by atoms with Crippen molar-refractivity contribution in [3.05, 3.63) is 34.9 Å². The Balaban J connectivity index is 1.80. The number of nitrogens with zero attached hydrogens (tertiary/aromatic N) is 2. The smallest absolute Gasteiger partial charge is 0.421 e. The number of fused-ring (bicyclic) bond motifs is 1. The molecule has 0 aromatic heterocycles. The highest BCUT2D eigenvalue weighted by Gasteiger charge is 2.55. The van der Waals surface area contributed by atoms with Crippen LogP contribution in [0.1, 0.15) is 55.7 Å². The topological polar surface area (TPSA) is 43.8 Å². The molecule has 2 bridgehead atoms. The molecule has 4 heteroatoms. The summed E-state index contributed by atoms with van der Waals surface area (Å²) in [6.45, 7) is 5.54. The van der Waals surface area contributed by atoms with Crippen molar-refractivity contribution in [2.45, 2.75) is 63.8 Å². The van der Waals surface area contributed by atoms with Crippen LogP contribution in [0, 0.1) is 12.8 Å². The van der Waals surface area contributed by atoms with Crippen molar-refractivity contribution in [2.75, 3.05) is 13.1 Å². The monoisotopic (exact) mass is 328 g/mol. The third kappa shape index (κ3) is 2.19. The molecule has 0 spiro atoms. The van der Waals surface area contributed by atoms with Gasteiger partial charge in [0.25, 0.3) is 0 Å². The van der Waals surface area contributed by atoms with Gasteiger partial charge in [-0.25, -0.2) is 14.8 Å². The van der Waals surface area contributed by atoms with Crippen LogP contribution in [0.5, 0.6) is 0 Å². The summed E-state index contributed by atoms with van der Waals surface area (Å²) in [6.07, 6.45) is 6.39. The summed E-state index contributed by atoms with van der Waals surface area (Å²) in [5, 5.41) is 13.4. The van der Waals surface area contributed by atoms with Crippen LogP contribution in [0.2, 0.25) is 0 Å². The van der Waals surface area contributed by atoms with E-state index >= 15 is 0 Å². The Bertz CT molecular complexity index is 659. The first kappa shape index (κ1) is 15.9. The Morgan fingerprint density at radius 2 is 2.21 bits per heavy atom. The van der Waals surface area contributed by atoms with E-state index < -0.39 is 6.09 Å². The lowest BCUT2D eigenvalue weighted by molar-refractivity contribution is -0.116. The summed E-state index contributed by atoms with van der Waals surface area (Å²) in [7, 11) is 0. The molecule has 0 radical (unpaired) electrons. The van der Waals surface area contributed by atoms with Gasteiger partial charge in [-0.05, 0) is 56.6 Å². The SMILES string of the molecule is CCN(C(=O)O)N1CC[C@]23CCCC[C@H]2[C@H]1Cc1ccc(C)cc13. The minimum atomic E-state index is -0.810. The maximum Gasteiger partial charge on any atom is 0.421 e. The molecule has 1 N–H and O–H groups in total. The van der Waals surface area contributed by atoms with Crippen LogP contribution in [0.25, 0.3) is 0 Å². The lowest BCUT2D eigenvalue weighted by Crippen LogP contribution is -2.65. The number of hydrogen-bond acceptors (Lipinski definition) is 2. The van der Waals surface area contributed by atoms with Crippen LogP contribution < -0.4 is 0 Å². The van der Waals surface area contributed by atoms with Crippen molar-refractivity contribution in [3.8, 4) is 0 Å². The van der Waals surface area contributed by atoms with Gasteiger partial charge in [-0.3, -0.25) is 0 Å². The molecule has 1 heterocycles. The van der Waals surface area contributed by atoms with Crippen molar-refractivity contribution in [3.63, 3.8) is 0 Å². The molecular weight excluding hydrogens is 300 g/mol. The van der Waals surface area contributed by atoms with Gasteiger partial charge in [-0.1, -0.05) is 36.6 Å². The maximum atomic E-state index is 11.7. The lowest BCUT2D eigenvalue weighted by atomic mass is 9.52. The largest absolute Gasteiger partial charge is 0.464 e. The van der Waals surface area contributed by atoms with E-state index in [2.05, 4.69) is 30.1 Å². The van der Waals surface area contributed by atoms with E-state index in [1.165, 1.54) is 36.8 Å². The average Bonchev–Trinajstić information content (AvgIpc) is 2.57. The number of aryl methyl sites for hydroxylation is 1. The molecule has 4 rings (SSSR count). The Hall–Kier alpha value is -1.55. The normalized spacial score (nSPS) is 31.9. The van der Waals surface area contributed by atoms with Crippen molar-refractivity contribution < 1.29 is 9.90 Å². The number of carboxylic acid groups (broad SMARTS) is 1. The van der Waals surface area contributed by atoms with Crippen molar-refractivity contribution in [1.29, 1.82) is 0 Å². The number of hydrazine groups is 1. The molecule has 1 amide bonds. The van der Waals surface area contributed by atoms with Crippen LogP contribution in [0.15, 0.2) is 18.2 Å². The molecule has 1 aromatic rings. The van der Waals surface area contributed by atoms with Crippen LogP contribution >= 0.6 is 0 Å². The fourth-order valence-corrected chi connectivity index (χ4v) is 5.83. The second kappa shape index (κ2) is 5.76. The van der Waals surface area contributed by atoms with Crippen LogP contribution in [0.3, 0.4) is 0 Å². The molecule has 1 aliphatic heterocycles. The van der Waals surface area contributed by atoms with Gasteiger partial charge in [0.2, 0.25) is 0 Å². The zero-order chi connectivity index (χ0) is 16.9. The molecule has 3 atom stereocenters. The van der Waals surface area contributed by atoms with Crippen molar-refractivity contribution in [2.24, 2.45) is 5.92 Å². The van der Waals surface area contributed by atoms with Gasteiger partial charge in [0, 0.05) is 24.5 Å². The molecule has 4 nitrogen and oxygen atoms in total. The third-order valence-electron chi connectivity index (χ3n) is 6.79.